The fourth-order valence-corrected chi connectivity index (χ4v) is 1.50. The zero-order valence-electron chi connectivity index (χ0n) is 6.30. The van der Waals surface area contributed by atoms with Crippen LogP contribution in [0, 0.1) is 18.8 Å². The van der Waals surface area contributed by atoms with Crippen LogP contribution in [0.15, 0.2) is 0 Å². The molecule has 0 aromatic heterocycles. The second kappa shape index (κ2) is 3.04. The van der Waals surface area contributed by atoms with E-state index in [4.69, 9.17) is 0 Å². The van der Waals surface area contributed by atoms with E-state index < -0.39 is 0 Å². The molecule has 0 unspecified atom stereocenters. The van der Waals surface area contributed by atoms with Crippen LogP contribution in [-0.2, 0) is 9.53 Å². The Balaban J connectivity index is 2.46. The van der Waals surface area contributed by atoms with E-state index in [0.29, 0.717) is 0 Å². The molecule has 2 heteroatoms. The van der Waals surface area contributed by atoms with Crippen LogP contribution in [0.3, 0.4) is 0 Å². The van der Waals surface area contributed by atoms with Crippen molar-refractivity contribution in [3.05, 3.63) is 6.92 Å². The summed E-state index contributed by atoms with van der Waals surface area (Å²) in [7, 11) is 1.44. The van der Waals surface area contributed by atoms with Crippen LogP contribution < -0.4 is 0 Å². The number of carbonyl (C=O) groups excluding carboxylic acids is 1. The van der Waals surface area contributed by atoms with Crippen LogP contribution >= 0.6 is 0 Å². The molecule has 2 nitrogen and oxygen atoms in total. The lowest BCUT2D eigenvalue weighted by Gasteiger charge is -2.10. The van der Waals surface area contributed by atoms with Gasteiger partial charge in [0.25, 0.3) is 0 Å². The largest absolute Gasteiger partial charge is 0.469 e. The summed E-state index contributed by atoms with van der Waals surface area (Å²) in [5, 5.41) is 0. The minimum atomic E-state index is -0.0856. The molecule has 57 valence electrons. The van der Waals surface area contributed by atoms with Crippen molar-refractivity contribution >= 4 is 5.97 Å². The lowest BCUT2D eigenvalue weighted by molar-refractivity contribution is -0.146. The average molecular weight is 141 g/mol. The number of hydrogen-bond acceptors (Lipinski definition) is 2. The molecule has 1 aliphatic carbocycles. The third kappa shape index (κ3) is 1.31. The summed E-state index contributed by atoms with van der Waals surface area (Å²) in [6.45, 7) is 3.89. The van der Waals surface area contributed by atoms with Gasteiger partial charge in [-0.15, -0.1) is 0 Å². The van der Waals surface area contributed by atoms with Crippen LogP contribution in [0.1, 0.15) is 19.3 Å². The molecule has 10 heavy (non-hydrogen) atoms. The zero-order chi connectivity index (χ0) is 7.56. The summed E-state index contributed by atoms with van der Waals surface area (Å²) in [6, 6.07) is 0. The van der Waals surface area contributed by atoms with E-state index in [1.807, 2.05) is 0 Å². The molecule has 0 amide bonds. The number of hydrogen-bond donors (Lipinski definition) is 0. The molecule has 0 bridgehead atoms. The number of rotatable bonds is 1. The fraction of sp³-hybridized carbons (Fsp3) is 0.750. The first-order valence-electron chi connectivity index (χ1n) is 3.66. The Morgan fingerprint density at radius 3 is 2.70 bits per heavy atom. The van der Waals surface area contributed by atoms with Crippen LogP contribution in [0.2, 0.25) is 0 Å². The molecule has 0 aromatic carbocycles. The zero-order valence-corrected chi connectivity index (χ0v) is 6.30. The summed E-state index contributed by atoms with van der Waals surface area (Å²) in [6.07, 6.45) is 3.15. The molecule has 1 saturated carbocycles. The summed E-state index contributed by atoms with van der Waals surface area (Å²) >= 11 is 0. The van der Waals surface area contributed by atoms with Crippen molar-refractivity contribution in [3.63, 3.8) is 0 Å². The van der Waals surface area contributed by atoms with Crippen LogP contribution in [-0.4, -0.2) is 13.1 Å². The molecule has 1 aliphatic rings. The monoisotopic (exact) mass is 141 g/mol. The van der Waals surface area contributed by atoms with Gasteiger partial charge in [-0.05, 0) is 25.7 Å². The third-order valence-corrected chi connectivity index (χ3v) is 2.16. The number of methoxy groups -OCH3 is 1. The molecule has 0 heterocycles. The molecule has 1 rings (SSSR count). The molecule has 0 N–H and O–H groups in total. The number of esters is 1. The van der Waals surface area contributed by atoms with Crippen molar-refractivity contribution in [2.24, 2.45) is 11.8 Å². The molecular weight excluding hydrogens is 128 g/mol. The highest BCUT2D eigenvalue weighted by atomic mass is 16.5. The smallest absolute Gasteiger partial charge is 0.308 e. The molecule has 0 aromatic rings. The highest BCUT2D eigenvalue weighted by molar-refractivity contribution is 5.73. The predicted molar refractivity (Wildman–Crippen MR) is 38.2 cm³/mol. The summed E-state index contributed by atoms with van der Waals surface area (Å²) in [5.41, 5.74) is 0. The molecule has 0 aliphatic heterocycles. The van der Waals surface area contributed by atoms with E-state index in [1.54, 1.807) is 0 Å². The summed E-state index contributed by atoms with van der Waals surface area (Å²) in [4.78, 5) is 11.0. The van der Waals surface area contributed by atoms with Crippen LogP contribution in [0.4, 0.5) is 0 Å². The van der Waals surface area contributed by atoms with Crippen molar-refractivity contribution in [3.8, 4) is 0 Å². The van der Waals surface area contributed by atoms with Gasteiger partial charge in [0.05, 0.1) is 13.0 Å². The maximum absolute atomic E-state index is 11.0. The Morgan fingerprint density at radius 2 is 2.30 bits per heavy atom. The van der Waals surface area contributed by atoms with E-state index in [1.165, 1.54) is 7.11 Å². The van der Waals surface area contributed by atoms with Gasteiger partial charge < -0.3 is 4.74 Å². The van der Waals surface area contributed by atoms with Gasteiger partial charge in [0.15, 0.2) is 0 Å². The number of ether oxygens (including phenoxy) is 1. The van der Waals surface area contributed by atoms with Gasteiger partial charge in [0, 0.05) is 0 Å². The van der Waals surface area contributed by atoms with Crippen molar-refractivity contribution in [1.82, 2.24) is 0 Å². The summed E-state index contributed by atoms with van der Waals surface area (Å²) in [5.74, 6) is 0.273. The highest BCUT2D eigenvalue weighted by Crippen LogP contribution is 2.31. The first-order valence-corrected chi connectivity index (χ1v) is 3.66. The van der Waals surface area contributed by atoms with E-state index in [9.17, 15) is 4.79 Å². The first kappa shape index (κ1) is 7.58. The Labute approximate surface area is 61.6 Å². The van der Waals surface area contributed by atoms with Gasteiger partial charge in [-0.2, -0.15) is 0 Å². The van der Waals surface area contributed by atoms with E-state index >= 15 is 0 Å². The Kier molecular flexibility index (Phi) is 2.30. The van der Waals surface area contributed by atoms with E-state index in [2.05, 4.69) is 11.7 Å². The summed E-state index contributed by atoms with van der Waals surface area (Å²) < 4.78 is 4.63. The average Bonchev–Trinajstić information content (AvgIpc) is 2.34. The van der Waals surface area contributed by atoms with Crippen molar-refractivity contribution in [2.75, 3.05) is 7.11 Å². The fourth-order valence-electron chi connectivity index (χ4n) is 1.50. The predicted octanol–water partition coefficient (Wildman–Crippen LogP) is 1.41. The molecule has 0 saturated heterocycles. The highest BCUT2D eigenvalue weighted by Gasteiger charge is 2.30. The van der Waals surface area contributed by atoms with Gasteiger partial charge in [0.1, 0.15) is 0 Å². The van der Waals surface area contributed by atoms with Gasteiger partial charge in [-0.3, -0.25) is 4.79 Å². The van der Waals surface area contributed by atoms with Crippen molar-refractivity contribution in [1.29, 1.82) is 0 Å². The van der Waals surface area contributed by atoms with Crippen molar-refractivity contribution < 1.29 is 9.53 Å². The normalized spacial score (nSPS) is 32.2. The first-order chi connectivity index (χ1) is 4.75. The minimum Gasteiger partial charge on any atom is -0.469 e. The Bertz CT molecular complexity index is 131. The standard InChI is InChI=1S/C8H13O2/c1-6-4-3-5-7(6)8(9)10-2/h6-7H,1,3-5H2,2H3/t6-,7+/m0/s1. The van der Waals surface area contributed by atoms with E-state index in [-0.39, 0.29) is 17.8 Å². The van der Waals surface area contributed by atoms with Gasteiger partial charge in [-0.1, -0.05) is 6.42 Å². The lowest BCUT2D eigenvalue weighted by Crippen LogP contribution is -2.18. The third-order valence-electron chi connectivity index (χ3n) is 2.16. The van der Waals surface area contributed by atoms with Crippen LogP contribution in [0.25, 0.3) is 0 Å². The SMILES string of the molecule is [CH2][C@H]1CCC[C@H]1C(=O)OC. The Hall–Kier alpha value is -0.530. The van der Waals surface area contributed by atoms with Crippen LogP contribution in [0.5, 0.6) is 0 Å². The van der Waals surface area contributed by atoms with Gasteiger partial charge in [0.2, 0.25) is 0 Å². The molecule has 1 fully saturated rings. The van der Waals surface area contributed by atoms with Crippen molar-refractivity contribution in [2.45, 2.75) is 19.3 Å². The molecule has 0 spiro atoms. The maximum Gasteiger partial charge on any atom is 0.308 e. The minimum absolute atomic E-state index is 0.0741. The van der Waals surface area contributed by atoms with Gasteiger partial charge >= 0.3 is 5.97 Å². The second-order valence-electron chi connectivity index (χ2n) is 2.82. The quantitative estimate of drug-likeness (QED) is 0.516. The number of carbonyl (C=O) groups is 1. The second-order valence-corrected chi connectivity index (χ2v) is 2.82. The molecule has 2 atom stereocenters. The molecular formula is C8H13O2. The molecule has 1 radical (unpaired) electrons. The topological polar surface area (TPSA) is 26.3 Å². The lowest BCUT2D eigenvalue weighted by atomic mass is 9.99. The van der Waals surface area contributed by atoms with Gasteiger partial charge in [-0.25, -0.2) is 0 Å². The maximum atomic E-state index is 11.0. The Morgan fingerprint density at radius 1 is 1.60 bits per heavy atom. The van der Waals surface area contributed by atoms with E-state index in [0.717, 1.165) is 19.3 Å².